The molecule has 0 atom stereocenters. The minimum Gasteiger partial charge on any atom is -0.473 e. The monoisotopic (exact) mass is 209 g/mol. The lowest BCUT2D eigenvalue weighted by molar-refractivity contribution is 0.103. The van der Waals surface area contributed by atoms with Gasteiger partial charge in [-0.15, -0.1) is 11.3 Å². The third kappa shape index (κ3) is 1.70. The van der Waals surface area contributed by atoms with Crippen LogP contribution in [0.25, 0.3) is 0 Å². The van der Waals surface area contributed by atoms with E-state index < -0.39 is 0 Å². The molecule has 14 heavy (non-hydrogen) atoms. The Bertz CT molecular complexity index is 379. The standard InChI is InChI=1S/C10H11NO2S/c1-10(2)6-13-9(11-10)8(12)7-4-3-5-14-7/h3-5H,6H2,1-2H3. The van der Waals surface area contributed by atoms with E-state index in [0.29, 0.717) is 11.5 Å². The molecule has 2 heterocycles. The van der Waals surface area contributed by atoms with Gasteiger partial charge in [-0.3, -0.25) is 4.79 Å². The summed E-state index contributed by atoms with van der Waals surface area (Å²) in [6, 6.07) is 3.63. The SMILES string of the molecule is CC1(C)COC(C(=O)c2cccs2)=N1. The first-order valence-electron chi connectivity index (χ1n) is 4.39. The minimum atomic E-state index is -0.262. The van der Waals surface area contributed by atoms with Crippen LogP contribution in [0, 0.1) is 0 Å². The summed E-state index contributed by atoms with van der Waals surface area (Å²) in [5.41, 5.74) is -0.262. The molecule has 1 aromatic heterocycles. The van der Waals surface area contributed by atoms with E-state index in [1.54, 1.807) is 6.07 Å². The van der Waals surface area contributed by atoms with Gasteiger partial charge in [0, 0.05) is 0 Å². The number of ether oxygens (including phenoxy) is 1. The topological polar surface area (TPSA) is 38.7 Å². The van der Waals surface area contributed by atoms with Gasteiger partial charge in [0.05, 0.1) is 10.4 Å². The van der Waals surface area contributed by atoms with E-state index in [1.807, 2.05) is 25.3 Å². The summed E-state index contributed by atoms with van der Waals surface area (Å²) in [6.45, 7) is 4.38. The first-order chi connectivity index (χ1) is 6.58. The third-order valence-electron chi connectivity index (χ3n) is 1.91. The molecule has 1 aliphatic heterocycles. The summed E-state index contributed by atoms with van der Waals surface area (Å²) in [5, 5.41) is 1.87. The van der Waals surface area contributed by atoms with Crippen LogP contribution in [-0.4, -0.2) is 23.8 Å². The van der Waals surface area contributed by atoms with Crippen molar-refractivity contribution in [2.75, 3.05) is 6.61 Å². The second kappa shape index (κ2) is 3.20. The molecule has 0 bridgehead atoms. The van der Waals surface area contributed by atoms with Gasteiger partial charge in [0.25, 0.3) is 11.7 Å². The smallest absolute Gasteiger partial charge is 0.260 e. The average molecular weight is 209 g/mol. The van der Waals surface area contributed by atoms with Gasteiger partial charge in [-0.1, -0.05) is 6.07 Å². The van der Waals surface area contributed by atoms with Crippen molar-refractivity contribution in [3.05, 3.63) is 22.4 Å². The highest BCUT2D eigenvalue weighted by molar-refractivity contribution is 7.13. The average Bonchev–Trinajstić information content (AvgIpc) is 2.72. The number of hydrogen-bond acceptors (Lipinski definition) is 4. The maximum Gasteiger partial charge on any atom is 0.260 e. The van der Waals surface area contributed by atoms with Gasteiger partial charge in [0.15, 0.2) is 0 Å². The molecule has 0 radical (unpaired) electrons. The van der Waals surface area contributed by atoms with Crippen molar-refractivity contribution in [1.29, 1.82) is 0 Å². The summed E-state index contributed by atoms with van der Waals surface area (Å²) in [6.07, 6.45) is 0. The van der Waals surface area contributed by atoms with E-state index in [1.165, 1.54) is 11.3 Å². The Labute approximate surface area is 86.4 Å². The van der Waals surface area contributed by atoms with Crippen molar-refractivity contribution in [1.82, 2.24) is 0 Å². The van der Waals surface area contributed by atoms with E-state index in [9.17, 15) is 4.79 Å². The van der Waals surface area contributed by atoms with Crippen LogP contribution < -0.4 is 0 Å². The highest BCUT2D eigenvalue weighted by Crippen LogP contribution is 2.20. The number of Topliss-reactive ketones (excluding diaryl/α,β-unsaturated/α-hetero) is 1. The molecule has 0 aliphatic carbocycles. The van der Waals surface area contributed by atoms with Crippen molar-refractivity contribution in [3.63, 3.8) is 0 Å². The molecule has 0 amide bonds. The molecule has 3 nitrogen and oxygen atoms in total. The third-order valence-corrected chi connectivity index (χ3v) is 2.77. The highest BCUT2D eigenvalue weighted by atomic mass is 32.1. The quantitative estimate of drug-likeness (QED) is 0.700. The van der Waals surface area contributed by atoms with Crippen molar-refractivity contribution < 1.29 is 9.53 Å². The Morgan fingerprint density at radius 2 is 2.43 bits per heavy atom. The Morgan fingerprint density at radius 3 is 2.93 bits per heavy atom. The molecular formula is C10H11NO2S. The van der Waals surface area contributed by atoms with Gasteiger partial charge in [0.1, 0.15) is 6.61 Å². The molecule has 0 unspecified atom stereocenters. The van der Waals surface area contributed by atoms with Crippen LogP contribution in [0.1, 0.15) is 23.5 Å². The lowest BCUT2D eigenvalue weighted by atomic mass is 10.1. The van der Waals surface area contributed by atoms with Gasteiger partial charge in [0.2, 0.25) is 0 Å². The molecule has 0 saturated heterocycles. The summed E-state index contributed by atoms with van der Waals surface area (Å²) in [4.78, 5) is 16.7. The Kier molecular flexibility index (Phi) is 2.15. The fourth-order valence-corrected chi connectivity index (χ4v) is 1.87. The zero-order valence-electron chi connectivity index (χ0n) is 8.11. The van der Waals surface area contributed by atoms with E-state index in [0.717, 1.165) is 0 Å². The first-order valence-corrected chi connectivity index (χ1v) is 5.27. The molecule has 74 valence electrons. The van der Waals surface area contributed by atoms with E-state index >= 15 is 0 Å². The van der Waals surface area contributed by atoms with E-state index in [-0.39, 0.29) is 17.2 Å². The minimum absolute atomic E-state index is 0.106. The molecule has 0 fully saturated rings. The number of nitrogens with zero attached hydrogens (tertiary/aromatic N) is 1. The van der Waals surface area contributed by atoms with Gasteiger partial charge < -0.3 is 4.74 Å². The number of carbonyl (C=O) groups excluding carboxylic acids is 1. The van der Waals surface area contributed by atoms with Crippen LogP contribution in [-0.2, 0) is 4.74 Å². The van der Waals surface area contributed by atoms with E-state index in [4.69, 9.17) is 4.74 Å². The fraction of sp³-hybridized carbons (Fsp3) is 0.400. The van der Waals surface area contributed by atoms with Crippen LogP contribution in [0.15, 0.2) is 22.5 Å². The number of rotatable bonds is 2. The summed E-state index contributed by atoms with van der Waals surface area (Å²) in [7, 11) is 0. The molecule has 0 spiro atoms. The molecule has 0 aromatic carbocycles. The zero-order chi connectivity index (χ0) is 10.2. The van der Waals surface area contributed by atoms with Crippen molar-refractivity contribution >= 4 is 23.0 Å². The van der Waals surface area contributed by atoms with Gasteiger partial charge >= 0.3 is 0 Å². The summed E-state index contributed by atoms with van der Waals surface area (Å²) in [5.74, 6) is 0.142. The summed E-state index contributed by atoms with van der Waals surface area (Å²) >= 11 is 1.41. The Balaban J connectivity index is 2.23. The molecule has 4 heteroatoms. The highest BCUT2D eigenvalue weighted by Gasteiger charge is 2.30. The van der Waals surface area contributed by atoms with Crippen molar-refractivity contribution in [2.45, 2.75) is 19.4 Å². The first kappa shape index (κ1) is 9.40. The van der Waals surface area contributed by atoms with Crippen LogP contribution in [0.3, 0.4) is 0 Å². The number of aliphatic imine (C=N–C) groups is 1. The Hall–Kier alpha value is -1.16. The number of thiophene rings is 1. The molecule has 1 aromatic rings. The Morgan fingerprint density at radius 1 is 1.64 bits per heavy atom. The second-order valence-corrected chi connectivity index (χ2v) is 4.77. The predicted molar refractivity (Wildman–Crippen MR) is 56.1 cm³/mol. The lowest BCUT2D eigenvalue weighted by Gasteiger charge is -2.07. The molecule has 0 N–H and O–H groups in total. The fourth-order valence-electron chi connectivity index (χ4n) is 1.21. The van der Waals surface area contributed by atoms with Crippen LogP contribution in [0.5, 0.6) is 0 Å². The van der Waals surface area contributed by atoms with E-state index in [2.05, 4.69) is 4.99 Å². The number of carbonyl (C=O) groups is 1. The van der Waals surface area contributed by atoms with Gasteiger partial charge in [-0.05, 0) is 25.3 Å². The van der Waals surface area contributed by atoms with Gasteiger partial charge in [-0.2, -0.15) is 0 Å². The number of hydrogen-bond donors (Lipinski definition) is 0. The second-order valence-electron chi connectivity index (χ2n) is 3.82. The maximum atomic E-state index is 11.8. The molecule has 0 saturated carbocycles. The normalized spacial score (nSPS) is 18.9. The molecule has 2 rings (SSSR count). The van der Waals surface area contributed by atoms with Crippen LogP contribution in [0.4, 0.5) is 0 Å². The van der Waals surface area contributed by atoms with Crippen LogP contribution >= 0.6 is 11.3 Å². The zero-order valence-corrected chi connectivity index (χ0v) is 8.93. The lowest BCUT2D eigenvalue weighted by Crippen LogP contribution is -2.17. The largest absolute Gasteiger partial charge is 0.473 e. The maximum absolute atomic E-state index is 11.8. The summed E-state index contributed by atoms with van der Waals surface area (Å²) < 4.78 is 5.26. The van der Waals surface area contributed by atoms with Crippen LogP contribution in [0.2, 0.25) is 0 Å². The van der Waals surface area contributed by atoms with Crippen molar-refractivity contribution in [3.8, 4) is 0 Å². The van der Waals surface area contributed by atoms with Crippen molar-refractivity contribution in [2.24, 2.45) is 4.99 Å². The predicted octanol–water partition coefficient (Wildman–Crippen LogP) is 2.14. The molecule has 1 aliphatic rings. The molecular weight excluding hydrogens is 198 g/mol. The number of ketones is 1. The van der Waals surface area contributed by atoms with Gasteiger partial charge in [-0.25, -0.2) is 4.99 Å².